The fourth-order valence-corrected chi connectivity index (χ4v) is 3.32. The molecule has 4 aromatic rings. The van der Waals surface area contributed by atoms with Crippen LogP contribution in [0.25, 0.3) is 16.6 Å². The maximum absolute atomic E-state index is 14.3. The summed E-state index contributed by atoms with van der Waals surface area (Å²) in [4.78, 5) is 12.4. The molecule has 0 unspecified atom stereocenters. The van der Waals surface area contributed by atoms with Gasteiger partial charge >= 0.3 is 0 Å². The second kappa shape index (κ2) is 7.42. The largest absolute Gasteiger partial charge is 0.349 e. The number of halogens is 2. The molecule has 9 heteroatoms. The number of benzene rings is 2. The molecule has 7 nitrogen and oxygen atoms in total. The number of fused-ring (bicyclic) bond motifs is 1. The molecule has 0 saturated heterocycles. The molecule has 5 rings (SSSR count). The van der Waals surface area contributed by atoms with Crippen molar-refractivity contribution in [2.45, 2.75) is 25.8 Å². The molecule has 1 saturated carbocycles. The van der Waals surface area contributed by atoms with E-state index in [9.17, 15) is 13.6 Å². The van der Waals surface area contributed by atoms with E-state index in [0.717, 1.165) is 24.5 Å². The number of nitrogens with one attached hydrogen (secondary N) is 2. The van der Waals surface area contributed by atoms with Crippen molar-refractivity contribution in [3.8, 4) is 5.69 Å². The van der Waals surface area contributed by atoms with Crippen LogP contribution in [-0.2, 0) is 0 Å². The highest BCUT2D eigenvalue weighted by molar-refractivity contribution is 5.96. The van der Waals surface area contributed by atoms with Crippen LogP contribution >= 0.6 is 0 Å². The summed E-state index contributed by atoms with van der Waals surface area (Å²) in [5.41, 5.74) is 2.77. The first-order chi connectivity index (χ1) is 15.0. The average Bonchev–Trinajstić information content (AvgIpc) is 3.46. The molecule has 0 aliphatic heterocycles. The van der Waals surface area contributed by atoms with E-state index in [1.165, 1.54) is 29.2 Å². The second-order valence-corrected chi connectivity index (χ2v) is 7.55. The Morgan fingerprint density at radius 3 is 2.74 bits per heavy atom. The minimum atomic E-state index is -0.735. The van der Waals surface area contributed by atoms with Gasteiger partial charge in [-0.25, -0.2) is 13.5 Å². The van der Waals surface area contributed by atoms with E-state index in [-0.39, 0.29) is 17.6 Å². The Morgan fingerprint density at radius 1 is 1.13 bits per heavy atom. The second-order valence-electron chi connectivity index (χ2n) is 7.55. The van der Waals surface area contributed by atoms with Crippen LogP contribution in [0.2, 0.25) is 0 Å². The third kappa shape index (κ3) is 3.70. The molecule has 2 heterocycles. The van der Waals surface area contributed by atoms with E-state index in [1.54, 1.807) is 12.1 Å². The summed E-state index contributed by atoms with van der Waals surface area (Å²) >= 11 is 0. The van der Waals surface area contributed by atoms with E-state index in [4.69, 9.17) is 0 Å². The van der Waals surface area contributed by atoms with Gasteiger partial charge < -0.3 is 10.6 Å². The number of nitrogens with zero attached hydrogens (tertiary/aromatic N) is 4. The molecule has 31 heavy (non-hydrogen) atoms. The average molecular weight is 420 g/mol. The van der Waals surface area contributed by atoms with Crippen LogP contribution in [0.1, 0.15) is 28.8 Å². The van der Waals surface area contributed by atoms with E-state index in [2.05, 4.69) is 25.9 Å². The molecular weight excluding hydrogens is 402 g/mol. The summed E-state index contributed by atoms with van der Waals surface area (Å²) in [6.45, 7) is 1.91. The molecule has 0 atom stereocenters. The number of aryl methyl sites for hydroxylation is 1. The number of hydrogen-bond acceptors (Lipinski definition) is 5. The van der Waals surface area contributed by atoms with Gasteiger partial charge in [-0.1, -0.05) is 6.07 Å². The summed E-state index contributed by atoms with van der Waals surface area (Å²) in [7, 11) is 0. The van der Waals surface area contributed by atoms with Crippen molar-refractivity contribution in [1.82, 2.24) is 25.3 Å². The van der Waals surface area contributed by atoms with Crippen molar-refractivity contribution < 1.29 is 13.6 Å². The van der Waals surface area contributed by atoms with Crippen LogP contribution in [0, 0.1) is 18.6 Å². The molecule has 1 aliphatic rings. The maximum atomic E-state index is 14.3. The lowest BCUT2D eigenvalue weighted by atomic mass is 10.1. The van der Waals surface area contributed by atoms with Gasteiger partial charge in [-0.3, -0.25) is 4.79 Å². The molecule has 2 aromatic carbocycles. The number of rotatable bonds is 5. The Morgan fingerprint density at radius 2 is 1.97 bits per heavy atom. The molecular formula is C22H18F2N6O. The predicted octanol–water partition coefficient (Wildman–Crippen LogP) is 4.04. The van der Waals surface area contributed by atoms with Crippen molar-refractivity contribution in [2.24, 2.45) is 0 Å². The molecule has 2 aromatic heterocycles. The number of amides is 1. The Bertz CT molecular complexity index is 1310. The van der Waals surface area contributed by atoms with Crippen LogP contribution in [0.15, 0.2) is 48.8 Å². The van der Waals surface area contributed by atoms with Gasteiger partial charge in [0.15, 0.2) is 11.6 Å². The van der Waals surface area contributed by atoms with Gasteiger partial charge in [0.2, 0.25) is 0 Å². The normalized spacial score (nSPS) is 13.4. The van der Waals surface area contributed by atoms with Crippen LogP contribution in [0.3, 0.4) is 0 Å². The lowest BCUT2D eigenvalue weighted by Gasteiger charge is -2.12. The van der Waals surface area contributed by atoms with Gasteiger partial charge in [0, 0.05) is 23.4 Å². The first-order valence-corrected chi connectivity index (χ1v) is 9.83. The van der Waals surface area contributed by atoms with Crippen molar-refractivity contribution in [2.75, 3.05) is 5.32 Å². The molecule has 1 fully saturated rings. The molecule has 0 radical (unpaired) electrons. The molecule has 2 N–H and O–H groups in total. The Hall–Kier alpha value is -3.88. The highest BCUT2D eigenvalue weighted by Gasteiger charge is 2.24. The van der Waals surface area contributed by atoms with E-state index < -0.39 is 11.6 Å². The van der Waals surface area contributed by atoms with E-state index in [0.29, 0.717) is 28.0 Å². The summed E-state index contributed by atoms with van der Waals surface area (Å²) < 4.78 is 28.9. The van der Waals surface area contributed by atoms with Gasteiger partial charge in [0.1, 0.15) is 11.5 Å². The molecule has 1 amide bonds. The molecule has 1 aliphatic carbocycles. The summed E-state index contributed by atoms with van der Waals surface area (Å²) in [6, 6.07) is 8.95. The number of aromatic nitrogens is 4. The minimum absolute atomic E-state index is 0.102. The minimum Gasteiger partial charge on any atom is -0.349 e. The first-order valence-electron chi connectivity index (χ1n) is 9.83. The van der Waals surface area contributed by atoms with Gasteiger partial charge in [-0.05, 0) is 49.6 Å². The zero-order chi connectivity index (χ0) is 21.5. The standard InChI is InChI=1S/C22H18F2N6O/c1-12-2-3-13(22(31)27-15-5-6-15)8-18(12)28-21-16-10-26-30(20(16)11-25-29-21)19-7-4-14(23)9-17(19)24/h2-4,7-11,15H,5-6H2,1H3,(H,27,31)(H,28,29). The first kappa shape index (κ1) is 19.1. The third-order valence-electron chi connectivity index (χ3n) is 5.20. The van der Waals surface area contributed by atoms with E-state index in [1.807, 2.05) is 13.0 Å². The topological polar surface area (TPSA) is 84.7 Å². The van der Waals surface area contributed by atoms with Gasteiger partial charge in [-0.15, -0.1) is 5.10 Å². The third-order valence-corrected chi connectivity index (χ3v) is 5.20. The summed E-state index contributed by atoms with van der Waals surface area (Å²) in [6.07, 6.45) is 5.02. The number of hydrogen-bond donors (Lipinski definition) is 2. The zero-order valence-electron chi connectivity index (χ0n) is 16.6. The highest BCUT2D eigenvalue weighted by Crippen LogP contribution is 2.28. The van der Waals surface area contributed by atoms with Gasteiger partial charge in [-0.2, -0.15) is 10.2 Å². The molecule has 0 bridgehead atoms. The quantitative estimate of drug-likeness (QED) is 0.509. The monoisotopic (exact) mass is 420 g/mol. The fourth-order valence-electron chi connectivity index (χ4n) is 3.32. The van der Waals surface area contributed by atoms with Crippen LogP contribution < -0.4 is 10.6 Å². The zero-order valence-corrected chi connectivity index (χ0v) is 16.6. The lowest BCUT2D eigenvalue weighted by Crippen LogP contribution is -2.25. The Kier molecular flexibility index (Phi) is 4.58. The van der Waals surface area contributed by atoms with Crippen LogP contribution in [-0.4, -0.2) is 31.9 Å². The Labute approximate surface area is 176 Å². The summed E-state index contributed by atoms with van der Waals surface area (Å²) in [5, 5.41) is 19.2. The van der Waals surface area contributed by atoms with Crippen molar-refractivity contribution in [3.05, 3.63) is 71.6 Å². The predicted molar refractivity (Wildman–Crippen MR) is 112 cm³/mol. The van der Waals surface area contributed by atoms with Crippen molar-refractivity contribution in [1.29, 1.82) is 0 Å². The van der Waals surface area contributed by atoms with Gasteiger partial charge in [0.05, 0.1) is 23.3 Å². The van der Waals surface area contributed by atoms with Crippen molar-refractivity contribution >= 4 is 28.3 Å². The van der Waals surface area contributed by atoms with Gasteiger partial charge in [0.25, 0.3) is 5.91 Å². The van der Waals surface area contributed by atoms with E-state index >= 15 is 0 Å². The lowest BCUT2D eigenvalue weighted by molar-refractivity contribution is 0.0951. The number of carbonyl (C=O) groups is 1. The molecule has 156 valence electrons. The summed E-state index contributed by atoms with van der Waals surface area (Å²) in [5.74, 6) is -1.11. The maximum Gasteiger partial charge on any atom is 0.251 e. The highest BCUT2D eigenvalue weighted by atomic mass is 19.1. The van der Waals surface area contributed by atoms with Crippen molar-refractivity contribution in [3.63, 3.8) is 0 Å². The number of anilines is 2. The fraction of sp³-hybridized carbons (Fsp3) is 0.182. The molecule has 0 spiro atoms. The Balaban J connectivity index is 1.50. The SMILES string of the molecule is Cc1ccc(C(=O)NC2CC2)cc1Nc1nncc2c1cnn2-c1ccc(F)cc1F. The van der Waals surface area contributed by atoms with Crippen LogP contribution in [0.5, 0.6) is 0 Å². The smallest absolute Gasteiger partial charge is 0.251 e. The number of carbonyl (C=O) groups excluding carboxylic acids is 1. The van der Waals surface area contributed by atoms with Crippen LogP contribution in [0.4, 0.5) is 20.3 Å².